The van der Waals surface area contributed by atoms with E-state index in [1.807, 2.05) is 0 Å². The number of aromatic carboxylic acids is 1. The first-order chi connectivity index (χ1) is 13.8. The summed E-state index contributed by atoms with van der Waals surface area (Å²) in [5.41, 5.74) is 2.12. The Labute approximate surface area is 176 Å². The van der Waals surface area contributed by atoms with Crippen molar-refractivity contribution in [3.05, 3.63) is 88.5 Å². The molecule has 0 aliphatic rings. The van der Waals surface area contributed by atoms with Crippen molar-refractivity contribution < 1.29 is 18.3 Å². The zero-order valence-corrected chi connectivity index (χ0v) is 17.0. The number of halogens is 2. The lowest BCUT2D eigenvalue weighted by molar-refractivity contribution is 0.0697. The van der Waals surface area contributed by atoms with Crippen LogP contribution in [0.5, 0.6) is 0 Å². The van der Waals surface area contributed by atoms with Crippen LogP contribution in [0.1, 0.15) is 10.4 Å². The van der Waals surface area contributed by atoms with E-state index in [9.17, 15) is 13.2 Å². The third-order valence-corrected chi connectivity index (χ3v) is 7.24. The first-order valence-electron chi connectivity index (χ1n) is 8.43. The first-order valence-corrected chi connectivity index (χ1v) is 10.7. The van der Waals surface area contributed by atoms with Gasteiger partial charge in [0.1, 0.15) is 9.92 Å². The summed E-state index contributed by atoms with van der Waals surface area (Å²) in [7, 11) is -4.03. The summed E-state index contributed by atoms with van der Waals surface area (Å²) < 4.78 is 28.4. The van der Waals surface area contributed by atoms with Crippen LogP contribution >= 0.6 is 23.2 Å². The fourth-order valence-corrected chi connectivity index (χ4v) is 5.75. The van der Waals surface area contributed by atoms with E-state index in [0.717, 1.165) is 0 Å². The molecule has 5 nitrogen and oxygen atoms in total. The number of carboxylic acids is 1. The predicted molar refractivity (Wildman–Crippen MR) is 112 cm³/mol. The lowest BCUT2D eigenvalue weighted by atomic mass is 10.1. The molecular formula is C21H13Cl2NO4S. The van der Waals surface area contributed by atoms with Gasteiger partial charge in [0.2, 0.25) is 9.84 Å². The number of carbonyl (C=O) groups is 1. The molecule has 29 heavy (non-hydrogen) atoms. The lowest BCUT2D eigenvalue weighted by Crippen LogP contribution is -2.06. The van der Waals surface area contributed by atoms with Gasteiger partial charge in [0, 0.05) is 11.8 Å². The maximum Gasteiger partial charge on any atom is 0.335 e. The molecule has 8 heteroatoms. The van der Waals surface area contributed by atoms with E-state index in [2.05, 4.69) is 0 Å². The van der Waals surface area contributed by atoms with Gasteiger partial charge in [-0.25, -0.2) is 13.2 Å². The van der Waals surface area contributed by atoms with Crippen molar-refractivity contribution >= 4 is 44.5 Å². The average molecular weight is 446 g/mol. The van der Waals surface area contributed by atoms with Crippen LogP contribution in [0.4, 0.5) is 0 Å². The van der Waals surface area contributed by atoms with Gasteiger partial charge in [0.15, 0.2) is 0 Å². The highest BCUT2D eigenvalue weighted by atomic mass is 35.5. The van der Waals surface area contributed by atoms with Gasteiger partial charge in [-0.15, -0.1) is 0 Å². The molecule has 0 bridgehead atoms. The van der Waals surface area contributed by atoms with Crippen molar-refractivity contribution in [1.82, 2.24) is 4.40 Å². The van der Waals surface area contributed by atoms with Gasteiger partial charge in [-0.1, -0.05) is 47.5 Å². The van der Waals surface area contributed by atoms with Crippen LogP contribution in [-0.2, 0) is 9.84 Å². The maximum absolute atomic E-state index is 13.4. The Kier molecular flexibility index (Phi) is 4.86. The summed E-state index contributed by atoms with van der Waals surface area (Å²) in [6.45, 7) is 0. The van der Waals surface area contributed by atoms with Crippen LogP contribution in [0.15, 0.2) is 82.8 Å². The van der Waals surface area contributed by atoms with E-state index in [1.54, 1.807) is 53.1 Å². The minimum Gasteiger partial charge on any atom is -0.478 e. The summed E-state index contributed by atoms with van der Waals surface area (Å²) in [6, 6.07) is 17.6. The zero-order chi connectivity index (χ0) is 20.8. The number of pyridine rings is 1. The van der Waals surface area contributed by atoms with Crippen LogP contribution in [-0.4, -0.2) is 23.9 Å². The standard InChI is InChI=1S/C21H13Cl2NO4S/c22-16-4-3-5-17(23)20(16)29(27,28)19-12-15(18-6-1-2-11-24(18)19)13-7-9-14(10-8-13)21(25)26/h1-12H,(H,25,26). The lowest BCUT2D eigenvalue weighted by Gasteiger charge is -2.08. The Balaban J connectivity index is 1.97. The second kappa shape index (κ2) is 7.22. The van der Waals surface area contributed by atoms with Gasteiger partial charge in [-0.3, -0.25) is 0 Å². The Bertz CT molecular complexity index is 1340. The van der Waals surface area contributed by atoms with Crippen molar-refractivity contribution in [3.63, 3.8) is 0 Å². The molecule has 0 unspecified atom stereocenters. The number of hydrogen-bond acceptors (Lipinski definition) is 3. The van der Waals surface area contributed by atoms with Gasteiger partial charge in [0.25, 0.3) is 0 Å². The van der Waals surface area contributed by atoms with Crippen LogP contribution < -0.4 is 0 Å². The number of aromatic nitrogens is 1. The predicted octanol–water partition coefficient (Wildman–Crippen LogP) is 5.44. The first kappa shape index (κ1) is 19.5. The molecule has 0 radical (unpaired) electrons. The van der Waals surface area contributed by atoms with Gasteiger partial charge in [-0.05, 0) is 48.0 Å². The largest absolute Gasteiger partial charge is 0.478 e. The molecule has 146 valence electrons. The average Bonchev–Trinajstić information content (AvgIpc) is 3.08. The monoisotopic (exact) mass is 445 g/mol. The van der Waals surface area contributed by atoms with E-state index in [-0.39, 0.29) is 25.5 Å². The molecule has 0 aliphatic heterocycles. The molecule has 0 spiro atoms. The molecule has 4 aromatic rings. The number of hydrogen-bond donors (Lipinski definition) is 1. The quantitative estimate of drug-likeness (QED) is 0.453. The maximum atomic E-state index is 13.4. The Morgan fingerprint density at radius 3 is 2.17 bits per heavy atom. The van der Waals surface area contributed by atoms with Crippen LogP contribution in [0.25, 0.3) is 16.6 Å². The molecule has 2 aromatic carbocycles. The minimum atomic E-state index is -4.03. The van der Waals surface area contributed by atoms with Gasteiger partial charge in [0.05, 0.1) is 21.1 Å². The number of fused-ring (bicyclic) bond motifs is 1. The summed E-state index contributed by atoms with van der Waals surface area (Å²) in [4.78, 5) is 11.0. The fourth-order valence-electron chi connectivity index (χ4n) is 3.20. The van der Waals surface area contributed by atoms with Gasteiger partial charge >= 0.3 is 5.97 Å². The van der Waals surface area contributed by atoms with E-state index >= 15 is 0 Å². The molecule has 1 N–H and O–H groups in total. The molecule has 0 saturated heterocycles. The number of benzene rings is 2. The number of carboxylic acid groups (broad SMARTS) is 1. The highest BCUT2D eigenvalue weighted by Gasteiger charge is 2.28. The molecule has 0 saturated carbocycles. The van der Waals surface area contributed by atoms with Crippen LogP contribution in [0.3, 0.4) is 0 Å². The van der Waals surface area contributed by atoms with E-state index in [1.165, 1.54) is 24.3 Å². The molecule has 0 fully saturated rings. The Morgan fingerprint density at radius 1 is 0.897 bits per heavy atom. The van der Waals surface area contributed by atoms with Gasteiger partial charge < -0.3 is 9.51 Å². The third kappa shape index (κ3) is 3.29. The van der Waals surface area contributed by atoms with Crippen molar-refractivity contribution in [2.75, 3.05) is 0 Å². The molecule has 2 heterocycles. The second-order valence-electron chi connectivity index (χ2n) is 6.29. The van der Waals surface area contributed by atoms with Crippen LogP contribution in [0.2, 0.25) is 10.0 Å². The van der Waals surface area contributed by atoms with E-state index < -0.39 is 15.8 Å². The number of nitrogens with zero attached hydrogens (tertiary/aromatic N) is 1. The molecule has 4 rings (SSSR count). The molecule has 0 aliphatic carbocycles. The highest BCUT2D eigenvalue weighted by molar-refractivity contribution is 7.91. The zero-order valence-electron chi connectivity index (χ0n) is 14.7. The van der Waals surface area contributed by atoms with Crippen LogP contribution in [0, 0.1) is 0 Å². The van der Waals surface area contributed by atoms with E-state index in [0.29, 0.717) is 16.6 Å². The van der Waals surface area contributed by atoms with Gasteiger partial charge in [-0.2, -0.15) is 0 Å². The number of sulfone groups is 1. The topological polar surface area (TPSA) is 75.8 Å². The minimum absolute atomic E-state index is 0.0143. The number of rotatable bonds is 4. The summed E-state index contributed by atoms with van der Waals surface area (Å²) in [5.74, 6) is -1.03. The molecule has 0 amide bonds. The summed E-state index contributed by atoms with van der Waals surface area (Å²) in [6.07, 6.45) is 1.64. The highest BCUT2D eigenvalue weighted by Crippen LogP contribution is 2.37. The smallest absolute Gasteiger partial charge is 0.335 e. The third-order valence-electron chi connectivity index (χ3n) is 4.55. The molecule has 0 atom stereocenters. The summed E-state index contributed by atoms with van der Waals surface area (Å²) >= 11 is 12.3. The van der Waals surface area contributed by atoms with Crippen molar-refractivity contribution in [2.45, 2.75) is 9.92 Å². The SMILES string of the molecule is O=C(O)c1ccc(-c2cc(S(=O)(=O)c3c(Cl)cccc3Cl)n3ccccc23)cc1. The van der Waals surface area contributed by atoms with Crippen molar-refractivity contribution in [3.8, 4) is 11.1 Å². The normalized spacial score (nSPS) is 11.7. The Hall–Kier alpha value is -2.80. The van der Waals surface area contributed by atoms with E-state index in [4.69, 9.17) is 28.3 Å². The second-order valence-corrected chi connectivity index (χ2v) is 8.94. The molecular weight excluding hydrogens is 433 g/mol. The molecule has 2 aromatic heterocycles. The van der Waals surface area contributed by atoms with Crippen molar-refractivity contribution in [2.24, 2.45) is 0 Å². The fraction of sp³-hybridized carbons (Fsp3) is 0. The van der Waals surface area contributed by atoms with Crippen molar-refractivity contribution in [1.29, 1.82) is 0 Å². The summed E-state index contributed by atoms with van der Waals surface area (Å²) in [5, 5.41) is 9.19. The Morgan fingerprint density at radius 2 is 1.55 bits per heavy atom.